The number of aryl methyl sites for hydroxylation is 1. The van der Waals surface area contributed by atoms with Crippen LogP contribution in [0.5, 0.6) is 0 Å². The minimum absolute atomic E-state index is 0.335. The highest BCUT2D eigenvalue weighted by Gasteiger charge is 2.15. The number of hydrogen-bond acceptors (Lipinski definition) is 5. The first-order chi connectivity index (χ1) is 11.4. The van der Waals surface area contributed by atoms with Crippen molar-refractivity contribution in [3.8, 4) is 0 Å². The number of amides is 2. The van der Waals surface area contributed by atoms with Gasteiger partial charge in [-0.1, -0.05) is 0 Å². The monoisotopic (exact) mass is 329 g/mol. The second-order valence-corrected chi connectivity index (χ2v) is 5.40. The predicted molar refractivity (Wildman–Crippen MR) is 88.9 cm³/mol. The van der Waals surface area contributed by atoms with Gasteiger partial charge in [0.05, 0.1) is 5.56 Å². The molecule has 0 atom stereocenters. The number of ether oxygens (including phenoxy) is 1. The number of benzene rings is 1. The average Bonchev–Trinajstić information content (AvgIpc) is 2.98. The second kappa shape index (κ2) is 7.45. The molecule has 0 aliphatic carbocycles. The molecular weight excluding hydrogens is 310 g/mol. The summed E-state index contributed by atoms with van der Waals surface area (Å²) in [6.45, 7) is -0.523. The molecule has 1 N–H and O–H groups in total. The molecule has 7 nitrogen and oxygen atoms in total. The molecule has 0 bridgehead atoms. The SMILES string of the molecule is CN(C)c1ccc(C(=O)OCC(=O)NC(=O)c2cccn2C)cc1. The molecular formula is C17H19N3O4. The molecule has 2 amide bonds. The Morgan fingerprint density at radius 3 is 2.33 bits per heavy atom. The zero-order valence-corrected chi connectivity index (χ0v) is 13.8. The van der Waals surface area contributed by atoms with Crippen LogP contribution in [0.25, 0.3) is 0 Å². The van der Waals surface area contributed by atoms with Crippen molar-refractivity contribution >= 4 is 23.5 Å². The van der Waals surface area contributed by atoms with Gasteiger partial charge in [0, 0.05) is 33.0 Å². The Balaban J connectivity index is 1.86. The van der Waals surface area contributed by atoms with Gasteiger partial charge in [-0.15, -0.1) is 0 Å². The summed E-state index contributed by atoms with van der Waals surface area (Å²) in [6, 6.07) is 10.1. The number of rotatable bonds is 5. The Morgan fingerprint density at radius 1 is 1.12 bits per heavy atom. The van der Waals surface area contributed by atoms with E-state index in [0.717, 1.165) is 5.69 Å². The second-order valence-electron chi connectivity index (χ2n) is 5.40. The summed E-state index contributed by atoms with van der Waals surface area (Å²) in [6.07, 6.45) is 1.69. The summed E-state index contributed by atoms with van der Waals surface area (Å²) in [7, 11) is 5.47. The smallest absolute Gasteiger partial charge is 0.338 e. The number of esters is 1. The van der Waals surface area contributed by atoms with Crippen molar-refractivity contribution in [2.75, 3.05) is 25.6 Å². The van der Waals surface area contributed by atoms with Crippen LogP contribution in [0.2, 0.25) is 0 Å². The number of aromatic nitrogens is 1. The lowest BCUT2D eigenvalue weighted by Crippen LogP contribution is -2.35. The van der Waals surface area contributed by atoms with Gasteiger partial charge < -0.3 is 14.2 Å². The molecule has 0 unspecified atom stereocenters. The average molecular weight is 329 g/mol. The van der Waals surface area contributed by atoms with Gasteiger partial charge in [0.25, 0.3) is 11.8 Å². The van der Waals surface area contributed by atoms with E-state index in [-0.39, 0.29) is 0 Å². The van der Waals surface area contributed by atoms with Crippen LogP contribution in [0.4, 0.5) is 5.69 Å². The van der Waals surface area contributed by atoms with Gasteiger partial charge in [-0.2, -0.15) is 0 Å². The van der Waals surface area contributed by atoms with Gasteiger partial charge in [0.15, 0.2) is 6.61 Å². The zero-order chi connectivity index (χ0) is 17.7. The maximum Gasteiger partial charge on any atom is 0.338 e. The standard InChI is InChI=1S/C17H19N3O4/c1-19(2)13-8-6-12(7-9-13)17(23)24-11-15(21)18-16(22)14-5-4-10-20(14)3/h4-10H,11H2,1-3H3,(H,18,21,22). The summed E-state index contributed by atoms with van der Waals surface area (Å²) < 4.78 is 6.50. The van der Waals surface area contributed by atoms with E-state index < -0.39 is 24.4 Å². The molecule has 0 aliphatic heterocycles. The molecule has 1 heterocycles. The van der Waals surface area contributed by atoms with E-state index in [1.807, 2.05) is 19.0 Å². The van der Waals surface area contributed by atoms with Crippen molar-refractivity contribution in [2.45, 2.75) is 0 Å². The van der Waals surface area contributed by atoms with Gasteiger partial charge in [-0.3, -0.25) is 14.9 Å². The minimum atomic E-state index is -0.681. The Labute approximate surface area is 139 Å². The first kappa shape index (κ1) is 17.3. The first-order valence-electron chi connectivity index (χ1n) is 7.28. The van der Waals surface area contributed by atoms with E-state index in [2.05, 4.69) is 5.32 Å². The van der Waals surface area contributed by atoms with E-state index in [0.29, 0.717) is 11.3 Å². The van der Waals surface area contributed by atoms with Crippen LogP contribution in [0.3, 0.4) is 0 Å². The number of imide groups is 1. The fraction of sp³-hybridized carbons (Fsp3) is 0.235. The van der Waals surface area contributed by atoms with Gasteiger partial charge in [-0.25, -0.2) is 4.79 Å². The lowest BCUT2D eigenvalue weighted by molar-refractivity contribution is -0.123. The Morgan fingerprint density at radius 2 is 1.79 bits per heavy atom. The van der Waals surface area contributed by atoms with Crippen LogP contribution in [0.15, 0.2) is 42.6 Å². The highest BCUT2D eigenvalue weighted by Crippen LogP contribution is 2.12. The maximum absolute atomic E-state index is 11.9. The summed E-state index contributed by atoms with van der Waals surface area (Å²) in [5, 5.41) is 2.17. The van der Waals surface area contributed by atoms with Crippen molar-refractivity contribution in [1.29, 1.82) is 0 Å². The van der Waals surface area contributed by atoms with Crippen LogP contribution >= 0.6 is 0 Å². The van der Waals surface area contributed by atoms with Gasteiger partial charge in [-0.05, 0) is 36.4 Å². The summed E-state index contributed by atoms with van der Waals surface area (Å²) >= 11 is 0. The largest absolute Gasteiger partial charge is 0.452 e. The van der Waals surface area contributed by atoms with E-state index in [1.54, 1.807) is 54.2 Å². The van der Waals surface area contributed by atoms with Crippen LogP contribution < -0.4 is 10.2 Å². The lowest BCUT2D eigenvalue weighted by atomic mass is 10.2. The Kier molecular flexibility index (Phi) is 5.36. The molecule has 2 aromatic rings. The molecule has 24 heavy (non-hydrogen) atoms. The highest BCUT2D eigenvalue weighted by atomic mass is 16.5. The molecule has 0 saturated heterocycles. The lowest BCUT2D eigenvalue weighted by Gasteiger charge is -2.12. The number of nitrogens with zero attached hydrogens (tertiary/aromatic N) is 2. The van der Waals surface area contributed by atoms with E-state index in [4.69, 9.17) is 4.74 Å². The summed E-state index contributed by atoms with van der Waals surface area (Å²) in [5.74, 6) is -1.85. The number of anilines is 1. The van der Waals surface area contributed by atoms with Crippen molar-refractivity contribution in [3.05, 3.63) is 53.9 Å². The fourth-order valence-electron chi connectivity index (χ4n) is 2.03. The van der Waals surface area contributed by atoms with Crippen LogP contribution in [0.1, 0.15) is 20.8 Å². The number of nitrogens with one attached hydrogen (secondary N) is 1. The molecule has 0 aliphatic rings. The van der Waals surface area contributed by atoms with E-state index in [1.165, 1.54) is 0 Å². The summed E-state index contributed by atoms with van der Waals surface area (Å²) in [4.78, 5) is 37.4. The summed E-state index contributed by atoms with van der Waals surface area (Å²) in [5.41, 5.74) is 1.62. The topological polar surface area (TPSA) is 80.6 Å². The number of carbonyl (C=O) groups is 3. The molecule has 126 valence electrons. The van der Waals surface area contributed by atoms with Crippen molar-refractivity contribution in [3.63, 3.8) is 0 Å². The molecule has 0 spiro atoms. The Hall–Kier alpha value is -3.09. The number of carbonyl (C=O) groups excluding carboxylic acids is 3. The highest BCUT2D eigenvalue weighted by molar-refractivity contribution is 6.04. The third-order valence-corrected chi connectivity index (χ3v) is 3.38. The molecule has 0 saturated carbocycles. The fourth-order valence-corrected chi connectivity index (χ4v) is 2.03. The van der Waals surface area contributed by atoms with Gasteiger partial charge in [0.1, 0.15) is 5.69 Å². The Bertz CT molecular complexity index is 747. The molecule has 7 heteroatoms. The van der Waals surface area contributed by atoms with Crippen LogP contribution in [0, 0.1) is 0 Å². The third-order valence-electron chi connectivity index (χ3n) is 3.38. The molecule has 1 aromatic heterocycles. The van der Waals surface area contributed by atoms with E-state index >= 15 is 0 Å². The molecule has 2 rings (SSSR count). The van der Waals surface area contributed by atoms with E-state index in [9.17, 15) is 14.4 Å². The van der Waals surface area contributed by atoms with Crippen molar-refractivity contribution in [1.82, 2.24) is 9.88 Å². The minimum Gasteiger partial charge on any atom is -0.452 e. The first-order valence-corrected chi connectivity index (χ1v) is 7.28. The quantitative estimate of drug-likeness (QED) is 0.834. The normalized spacial score (nSPS) is 10.1. The molecule has 0 radical (unpaired) electrons. The third kappa shape index (κ3) is 4.22. The van der Waals surface area contributed by atoms with Crippen LogP contribution in [-0.4, -0.2) is 43.1 Å². The molecule has 0 fully saturated rings. The van der Waals surface area contributed by atoms with Crippen LogP contribution in [-0.2, 0) is 16.6 Å². The molecule has 1 aromatic carbocycles. The zero-order valence-electron chi connectivity index (χ0n) is 13.8. The van der Waals surface area contributed by atoms with Crippen molar-refractivity contribution < 1.29 is 19.1 Å². The van der Waals surface area contributed by atoms with Gasteiger partial charge in [0.2, 0.25) is 0 Å². The maximum atomic E-state index is 11.9. The van der Waals surface area contributed by atoms with Gasteiger partial charge >= 0.3 is 5.97 Å². The number of hydrogen-bond donors (Lipinski definition) is 1. The predicted octanol–water partition coefficient (Wildman–Crippen LogP) is 1.20. The van der Waals surface area contributed by atoms with Crippen molar-refractivity contribution in [2.24, 2.45) is 7.05 Å².